The van der Waals surface area contributed by atoms with Crippen molar-refractivity contribution in [1.82, 2.24) is 10.6 Å². The molecule has 0 fully saturated rings. The van der Waals surface area contributed by atoms with Crippen LogP contribution < -0.4 is 10.6 Å². The zero-order valence-corrected chi connectivity index (χ0v) is 8.94. The first-order chi connectivity index (χ1) is 7.25. The van der Waals surface area contributed by atoms with Crippen LogP contribution in [0, 0.1) is 0 Å². The molecule has 0 atom stereocenters. The van der Waals surface area contributed by atoms with Crippen LogP contribution in [0.5, 0.6) is 0 Å². The van der Waals surface area contributed by atoms with Gasteiger partial charge in [-0.25, -0.2) is 0 Å². The topological polar surface area (TPSA) is 133 Å². The Morgan fingerprint density at radius 1 is 0.812 bits per heavy atom. The Bertz CT molecular complexity index is 220. The monoisotopic (exact) mass is 234 g/mol. The number of hydrogen-bond donors (Lipinski definition) is 4. The minimum Gasteiger partial charge on any atom is -0.480 e. The third kappa shape index (κ3) is 22.6. The summed E-state index contributed by atoms with van der Waals surface area (Å²) in [7, 11) is 0. The molecule has 0 radical (unpaired) electrons. The lowest BCUT2D eigenvalue weighted by atomic mass is 10.6. The van der Waals surface area contributed by atoms with E-state index in [4.69, 9.17) is 10.2 Å². The fourth-order valence-corrected chi connectivity index (χ4v) is 0.400. The molecular formula is C8H14N2O6. The first-order valence-electron chi connectivity index (χ1n) is 4.18. The predicted octanol–water partition coefficient (Wildman–Crippen LogP) is -1.59. The summed E-state index contributed by atoms with van der Waals surface area (Å²) in [5.41, 5.74) is 0. The second-order valence-electron chi connectivity index (χ2n) is 2.61. The lowest BCUT2D eigenvalue weighted by Crippen LogP contribution is -2.26. The number of rotatable bonds is 4. The van der Waals surface area contributed by atoms with Gasteiger partial charge in [-0.1, -0.05) is 0 Å². The normalized spacial score (nSPS) is 8.12. The Balaban J connectivity index is 0. The molecule has 0 rings (SSSR count). The predicted molar refractivity (Wildman–Crippen MR) is 52.6 cm³/mol. The Morgan fingerprint density at radius 2 is 1.06 bits per heavy atom. The Hall–Kier alpha value is -2.12. The van der Waals surface area contributed by atoms with E-state index in [1.807, 2.05) is 0 Å². The molecule has 0 aromatic carbocycles. The van der Waals surface area contributed by atoms with E-state index < -0.39 is 11.9 Å². The SMILES string of the molecule is CC(=O)NCC(=O)O.CC(=O)NCC(=O)O. The van der Waals surface area contributed by atoms with Crippen molar-refractivity contribution in [1.29, 1.82) is 0 Å². The quantitative estimate of drug-likeness (QED) is 0.463. The van der Waals surface area contributed by atoms with Crippen LogP contribution >= 0.6 is 0 Å². The van der Waals surface area contributed by atoms with Gasteiger partial charge < -0.3 is 20.8 Å². The average molecular weight is 234 g/mol. The molecule has 2 amide bonds. The summed E-state index contributed by atoms with van der Waals surface area (Å²) >= 11 is 0. The molecule has 0 saturated carbocycles. The van der Waals surface area contributed by atoms with Crippen LogP contribution in [0.4, 0.5) is 0 Å². The van der Waals surface area contributed by atoms with Crippen LogP contribution in [0.2, 0.25) is 0 Å². The molecule has 0 spiro atoms. The van der Waals surface area contributed by atoms with E-state index in [0.717, 1.165) is 0 Å². The maximum absolute atomic E-state index is 9.97. The summed E-state index contributed by atoms with van der Waals surface area (Å²) < 4.78 is 0. The molecule has 16 heavy (non-hydrogen) atoms. The molecule has 0 unspecified atom stereocenters. The van der Waals surface area contributed by atoms with Crippen molar-refractivity contribution in [3.8, 4) is 0 Å². The van der Waals surface area contributed by atoms with Gasteiger partial charge in [-0.15, -0.1) is 0 Å². The lowest BCUT2D eigenvalue weighted by molar-refractivity contribution is -0.138. The molecule has 8 heteroatoms. The van der Waals surface area contributed by atoms with E-state index in [-0.39, 0.29) is 24.9 Å². The third-order valence-corrected chi connectivity index (χ3v) is 0.977. The van der Waals surface area contributed by atoms with Crippen molar-refractivity contribution in [3.05, 3.63) is 0 Å². The summed E-state index contributed by atoms with van der Waals surface area (Å²) in [6, 6.07) is 0. The third-order valence-electron chi connectivity index (χ3n) is 0.977. The first-order valence-corrected chi connectivity index (χ1v) is 4.18. The summed E-state index contributed by atoms with van der Waals surface area (Å²) in [6.07, 6.45) is 0. The van der Waals surface area contributed by atoms with Crippen LogP contribution in [0.15, 0.2) is 0 Å². The molecule has 0 aliphatic rings. The Kier molecular flexibility index (Phi) is 9.62. The summed E-state index contributed by atoms with van der Waals surface area (Å²) in [6.45, 7) is 1.94. The Morgan fingerprint density at radius 3 is 1.12 bits per heavy atom. The van der Waals surface area contributed by atoms with Crippen LogP contribution in [0.25, 0.3) is 0 Å². The van der Waals surface area contributed by atoms with Crippen molar-refractivity contribution >= 4 is 23.8 Å². The highest BCUT2D eigenvalue weighted by molar-refractivity contribution is 5.79. The number of carbonyl (C=O) groups excluding carboxylic acids is 2. The molecule has 0 aliphatic carbocycles. The number of amides is 2. The summed E-state index contributed by atoms with van der Waals surface area (Å²) in [5, 5.41) is 20.1. The fraction of sp³-hybridized carbons (Fsp3) is 0.500. The smallest absolute Gasteiger partial charge is 0.322 e. The van der Waals surface area contributed by atoms with Crippen LogP contribution in [0.3, 0.4) is 0 Å². The maximum atomic E-state index is 9.97. The van der Waals surface area contributed by atoms with Gasteiger partial charge in [-0.2, -0.15) is 0 Å². The largest absolute Gasteiger partial charge is 0.480 e. The van der Waals surface area contributed by atoms with Gasteiger partial charge in [-0.05, 0) is 0 Å². The van der Waals surface area contributed by atoms with Crippen molar-refractivity contribution in [2.24, 2.45) is 0 Å². The maximum Gasteiger partial charge on any atom is 0.322 e. The molecule has 0 aliphatic heterocycles. The van der Waals surface area contributed by atoms with Crippen LogP contribution in [-0.4, -0.2) is 47.1 Å². The number of hydrogen-bond acceptors (Lipinski definition) is 4. The van der Waals surface area contributed by atoms with E-state index in [2.05, 4.69) is 10.6 Å². The minimum atomic E-state index is -1.03. The van der Waals surface area contributed by atoms with E-state index in [9.17, 15) is 19.2 Å². The van der Waals surface area contributed by atoms with E-state index >= 15 is 0 Å². The highest BCUT2D eigenvalue weighted by Gasteiger charge is 1.95. The first kappa shape index (κ1) is 16.3. The van der Waals surface area contributed by atoms with Crippen molar-refractivity contribution in [2.75, 3.05) is 13.1 Å². The van der Waals surface area contributed by atoms with Gasteiger partial charge in [0.25, 0.3) is 0 Å². The van der Waals surface area contributed by atoms with Gasteiger partial charge in [0.1, 0.15) is 13.1 Å². The molecule has 0 saturated heterocycles. The van der Waals surface area contributed by atoms with Crippen molar-refractivity contribution in [3.63, 3.8) is 0 Å². The van der Waals surface area contributed by atoms with E-state index in [1.165, 1.54) is 13.8 Å². The minimum absolute atomic E-state index is 0.296. The molecule has 4 N–H and O–H groups in total. The van der Waals surface area contributed by atoms with Gasteiger partial charge >= 0.3 is 11.9 Å². The average Bonchev–Trinajstić information content (AvgIpc) is 2.12. The van der Waals surface area contributed by atoms with E-state index in [0.29, 0.717) is 0 Å². The molecule has 0 bridgehead atoms. The van der Waals surface area contributed by atoms with Gasteiger partial charge in [0.05, 0.1) is 0 Å². The standard InChI is InChI=1S/2C4H7NO3/c2*1-3(6)5-2-4(7)8/h2*2H2,1H3,(H,5,6)(H,7,8). The van der Waals surface area contributed by atoms with E-state index in [1.54, 1.807) is 0 Å². The molecule has 0 heterocycles. The summed E-state index contributed by atoms with van der Waals surface area (Å²) in [5.74, 6) is -2.71. The fourth-order valence-electron chi connectivity index (χ4n) is 0.400. The Labute approximate surface area is 91.6 Å². The highest BCUT2D eigenvalue weighted by atomic mass is 16.4. The highest BCUT2D eigenvalue weighted by Crippen LogP contribution is 1.60. The number of carboxylic acids is 2. The zero-order valence-electron chi connectivity index (χ0n) is 8.94. The molecule has 0 aromatic heterocycles. The number of carbonyl (C=O) groups is 4. The number of nitrogens with one attached hydrogen (secondary N) is 2. The van der Waals surface area contributed by atoms with Crippen LogP contribution in [0.1, 0.15) is 13.8 Å². The van der Waals surface area contributed by atoms with Crippen molar-refractivity contribution in [2.45, 2.75) is 13.8 Å². The molecule has 8 nitrogen and oxygen atoms in total. The van der Waals surface area contributed by atoms with Gasteiger partial charge in [0.2, 0.25) is 11.8 Å². The second-order valence-corrected chi connectivity index (χ2v) is 2.61. The van der Waals surface area contributed by atoms with Gasteiger partial charge in [0, 0.05) is 13.8 Å². The van der Waals surface area contributed by atoms with Crippen molar-refractivity contribution < 1.29 is 29.4 Å². The molecule has 0 aromatic rings. The second kappa shape index (κ2) is 9.44. The van der Waals surface area contributed by atoms with Crippen LogP contribution in [-0.2, 0) is 19.2 Å². The van der Waals surface area contributed by atoms with Gasteiger partial charge in [-0.3, -0.25) is 19.2 Å². The number of aliphatic carboxylic acids is 2. The number of carboxylic acid groups (broad SMARTS) is 2. The summed E-state index contributed by atoms with van der Waals surface area (Å²) in [4.78, 5) is 39.3. The lowest BCUT2D eigenvalue weighted by Gasteiger charge is -1.92. The molecule has 92 valence electrons. The molecular weight excluding hydrogens is 220 g/mol. The zero-order chi connectivity index (χ0) is 13.1. The van der Waals surface area contributed by atoms with Gasteiger partial charge in [0.15, 0.2) is 0 Å².